The van der Waals surface area contributed by atoms with Crippen molar-refractivity contribution in [2.45, 2.75) is 6.92 Å². The fourth-order valence-electron chi connectivity index (χ4n) is 2.86. The summed E-state index contributed by atoms with van der Waals surface area (Å²) in [4.78, 5) is 46.2. The Balaban J connectivity index is 1.89. The smallest absolute Gasteiger partial charge is 0.272 e. The lowest BCUT2D eigenvalue weighted by atomic mass is 10.1. The first-order valence-electron chi connectivity index (χ1n) is 9.63. The van der Waals surface area contributed by atoms with E-state index in [0.717, 1.165) is 5.56 Å². The third-order valence-corrected chi connectivity index (χ3v) is 4.52. The van der Waals surface area contributed by atoms with Gasteiger partial charge >= 0.3 is 0 Å². The zero-order chi connectivity index (χ0) is 24.0. The predicted molar refractivity (Wildman–Crippen MR) is 121 cm³/mol. The quantitative estimate of drug-likeness (QED) is 0.316. The zero-order valence-corrected chi connectivity index (χ0v) is 17.3. The van der Waals surface area contributed by atoms with Crippen LogP contribution in [0.3, 0.4) is 0 Å². The van der Waals surface area contributed by atoms with E-state index >= 15 is 0 Å². The van der Waals surface area contributed by atoms with Crippen LogP contribution >= 0.6 is 0 Å². The maximum Gasteiger partial charge on any atom is 0.272 e. The summed E-state index contributed by atoms with van der Waals surface area (Å²) in [6.07, 6.45) is 1.37. The van der Waals surface area contributed by atoms with Crippen molar-refractivity contribution in [3.63, 3.8) is 0 Å². The zero-order valence-electron chi connectivity index (χ0n) is 17.3. The van der Waals surface area contributed by atoms with E-state index in [4.69, 9.17) is 0 Å². The van der Waals surface area contributed by atoms with Crippen LogP contribution in [-0.2, 0) is 4.79 Å². The second-order valence-electron chi connectivity index (χ2n) is 6.99. The molecule has 0 unspecified atom stereocenters. The molecule has 3 aromatic rings. The van der Waals surface area contributed by atoms with Crippen LogP contribution in [0.25, 0.3) is 6.08 Å². The van der Waals surface area contributed by atoms with Crippen LogP contribution in [0.15, 0.2) is 78.5 Å². The molecule has 0 heterocycles. The van der Waals surface area contributed by atoms with E-state index in [1.165, 1.54) is 54.6 Å². The molecule has 10 nitrogen and oxygen atoms in total. The largest absolute Gasteiger partial charge is 0.321 e. The first-order valence-corrected chi connectivity index (χ1v) is 9.63. The van der Waals surface area contributed by atoms with Gasteiger partial charge in [-0.1, -0.05) is 17.7 Å². The van der Waals surface area contributed by atoms with Gasteiger partial charge in [0.2, 0.25) is 0 Å². The van der Waals surface area contributed by atoms with E-state index in [1.54, 1.807) is 18.2 Å². The Kier molecular flexibility index (Phi) is 6.89. The Hall–Kier alpha value is -4.86. The Bertz CT molecular complexity index is 1250. The van der Waals surface area contributed by atoms with Gasteiger partial charge in [-0.2, -0.15) is 0 Å². The Morgan fingerprint density at radius 1 is 0.848 bits per heavy atom. The van der Waals surface area contributed by atoms with Crippen LogP contribution in [-0.4, -0.2) is 21.7 Å². The summed E-state index contributed by atoms with van der Waals surface area (Å²) in [5, 5.41) is 26.8. The van der Waals surface area contributed by atoms with E-state index in [0.29, 0.717) is 11.1 Å². The molecule has 3 aromatic carbocycles. The van der Waals surface area contributed by atoms with Crippen molar-refractivity contribution in [1.82, 2.24) is 5.32 Å². The molecular formula is C23H18N4O6. The van der Waals surface area contributed by atoms with E-state index < -0.39 is 21.7 Å². The minimum absolute atomic E-state index is 0.117. The number of amides is 2. The number of carbonyl (C=O) groups excluding carboxylic acids is 2. The van der Waals surface area contributed by atoms with Gasteiger partial charge in [0.25, 0.3) is 23.2 Å². The van der Waals surface area contributed by atoms with Crippen LogP contribution in [0, 0.1) is 27.2 Å². The van der Waals surface area contributed by atoms with Crippen molar-refractivity contribution in [3.05, 3.63) is 115 Å². The fourth-order valence-corrected chi connectivity index (χ4v) is 2.86. The summed E-state index contributed by atoms with van der Waals surface area (Å²) in [5.41, 5.74) is 1.56. The molecule has 0 aliphatic rings. The minimum Gasteiger partial charge on any atom is -0.321 e. The number of aryl methyl sites for hydroxylation is 1. The number of nitro benzene ring substituents is 2. The fraction of sp³-hybridized carbons (Fsp3) is 0.0435. The molecule has 0 aliphatic carbocycles. The van der Waals surface area contributed by atoms with Crippen LogP contribution in [0.5, 0.6) is 0 Å². The van der Waals surface area contributed by atoms with Crippen molar-refractivity contribution >= 4 is 35.0 Å². The molecule has 0 atom stereocenters. The maximum atomic E-state index is 12.9. The highest BCUT2D eigenvalue weighted by Gasteiger charge is 2.16. The highest BCUT2D eigenvalue weighted by Crippen LogP contribution is 2.18. The topological polar surface area (TPSA) is 144 Å². The lowest BCUT2D eigenvalue weighted by Gasteiger charge is -2.12. The molecule has 0 radical (unpaired) electrons. The van der Waals surface area contributed by atoms with Crippen molar-refractivity contribution in [1.29, 1.82) is 0 Å². The molecule has 2 amide bonds. The third-order valence-electron chi connectivity index (χ3n) is 4.52. The number of non-ortho nitro benzene ring substituents is 2. The van der Waals surface area contributed by atoms with Crippen LogP contribution in [0.2, 0.25) is 0 Å². The summed E-state index contributed by atoms with van der Waals surface area (Å²) in [6.45, 7) is 1.83. The number of hydrogen-bond donors (Lipinski definition) is 2. The average molecular weight is 446 g/mol. The van der Waals surface area contributed by atoms with E-state index in [2.05, 4.69) is 10.6 Å². The third kappa shape index (κ3) is 6.07. The van der Waals surface area contributed by atoms with Crippen molar-refractivity contribution in [2.75, 3.05) is 5.32 Å². The summed E-state index contributed by atoms with van der Waals surface area (Å²) in [5.74, 6) is -1.20. The molecule has 0 saturated heterocycles. The molecule has 2 N–H and O–H groups in total. The molecule has 0 bridgehead atoms. The van der Waals surface area contributed by atoms with Crippen LogP contribution in [0.1, 0.15) is 21.5 Å². The van der Waals surface area contributed by atoms with Crippen molar-refractivity contribution in [3.8, 4) is 0 Å². The second kappa shape index (κ2) is 9.96. The Morgan fingerprint density at radius 2 is 1.42 bits per heavy atom. The van der Waals surface area contributed by atoms with Gasteiger partial charge in [0.1, 0.15) is 5.70 Å². The summed E-state index contributed by atoms with van der Waals surface area (Å²) < 4.78 is 0. The highest BCUT2D eigenvalue weighted by molar-refractivity contribution is 6.10. The monoisotopic (exact) mass is 446 g/mol. The van der Waals surface area contributed by atoms with Gasteiger partial charge in [0.05, 0.1) is 9.85 Å². The van der Waals surface area contributed by atoms with Gasteiger partial charge in [0.15, 0.2) is 0 Å². The standard InChI is InChI=1S/C23H18N4O6/c1-15-3-2-4-17(13-15)22(28)25-21(14-16-5-9-19(10-6-16)26(30)31)23(29)24-18-7-11-20(12-8-18)27(32)33/h2-14H,1H3,(H,24,29)(H,25,28). The summed E-state index contributed by atoms with van der Waals surface area (Å²) in [6, 6.07) is 17.4. The number of nitrogens with one attached hydrogen (secondary N) is 2. The van der Waals surface area contributed by atoms with E-state index in [-0.39, 0.29) is 22.8 Å². The predicted octanol–water partition coefficient (Wildman–Crippen LogP) is 4.22. The van der Waals surface area contributed by atoms with Crippen molar-refractivity contribution < 1.29 is 19.4 Å². The van der Waals surface area contributed by atoms with Gasteiger partial charge in [0, 0.05) is 35.5 Å². The van der Waals surface area contributed by atoms with Gasteiger partial charge in [-0.15, -0.1) is 0 Å². The number of hydrogen-bond acceptors (Lipinski definition) is 6. The number of carbonyl (C=O) groups is 2. The maximum absolute atomic E-state index is 12.9. The first-order chi connectivity index (χ1) is 15.7. The minimum atomic E-state index is -0.678. The SMILES string of the molecule is Cc1cccc(C(=O)NC(=Cc2ccc([N+](=O)[O-])cc2)C(=O)Nc2ccc([N+](=O)[O-])cc2)c1. The van der Waals surface area contributed by atoms with Gasteiger partial charge in [-0.05, 0) is 55.0 Å². The second-order valence-corrected chi connectivity index (χ2v) is 6.99. The molecule has 166 valence electrons. The summed E-state index contributed by atoms with van der Waals surface area (Å²) >= 11 is 0. The normalized spacial score (nSPS) is 10.9. The van der Waals surface area contributed by atoms with Gasteiger partial charge < -0.3 is 10.6 Å². The number of benzene rings is 3. The number of nitrogens with zero attached hydrogens (tertiary/aromatic N) is 2. The number of rotatable bonds is 7. The lowest BCUT2D eigenvalue weighted by Crippen LogP contribution is -2.30. The number of anilines is 1. The first kappa shape index (κ1) is 22.8. The van der Waals surface area contributed by atoms with E-state index in [1.807, 2.05) is 13.0 Å². The van der Waals surface area contributed by atoms with Gasteiger partial charge in [-0.25, -0.2) is 0 Å². The molecule has 0 saturated carbocycles. The number of nitro groups is 2. The molecular weight excluding hydrogens is 428 g/mol. The van der Waals surface area contributed by atoms with Gasteiger partial charge in [-0.3, -0.25) is 29.8 Å². The molecule has 0 aromatic heterocycles. The van der Waals surface area contributed by atoms with E-state index in [9.17, 15) is 29.8 Å². The molecule has 10 heteroatoms. The van der Waals surface area contributed by atoms with Crippen LogP contribution in [0.4, 0.5) is 17.1 Å². The molecule has 0 aliphatic heterocycles. The summed E-state index contributed by atoms with van der Waals surface area (Å²) in [7, 11) is 0. The average Bonchev–Trinajstić information content (AvgIpc) is 2.79. The molecule has 33 heavy (non-hydrogen) atoms. The van der Waals surface area contributed by atoms with Crippen LogP contribution < -0.4 is 10.6 Å². The molecule has 3 rings (SSSR count). The Labute approximate surface area is 187 Å². The van der Waals surface area contributed by atoms with Crippen molar-refractivity contribution in [2.24, 2.45) is 0 Å². The highest BCUT2D eigenvalue weighted by atomic mass is 16.6. The lowest BCUT2D eigenvalue weighted by molar-refractivity contribution is -0.385. The Morgan fingerprint density at radius 3 is 1.97 bits per heavy atom. The molecule has 0 spiro atoms. The molecule has 0 fully saturated rings.